The van der Waals surface area contributed by atoms with Crippen LogP contribution in [0.1, 0.15) is 20.6 Å². The number of rotatable bonds is 0. The van der Waals surface area contributed by atoms with Crippen LogP contribution in [0.2, 0.25) is 0 Å². The SMILES string of the molecule is [2H]C1CCN(F)CC1. The summed E-state index contributed by atoms with van der Waals surface area (Å²) in [6, 6.07) is 0. The van der Waals surface area contributed by atoms with Gasteiger partial charge in [0.05, 0.1) is 0 Å². The van der Waals surface area contributed by atoms with Crippen LogP contribution >= 0.6 is 0 Å². The molecule has 42 valence electrons. The fourth-order valence-corrected chi connectivity index (χ4v) is 0.719. The fourth-order valence-electron chi connectivity index (χ4n) is 0.719. The molecule has 0 aromatic carbocycles. The van der Waals surface area contributed by atoms with E-state index < -0.39 is 0 Å². The van der Waals surface area contributed by atoms with Crippen molar-refractivity contribution in [2.45, 2.75) is 19.2 Å². The van der Waals surface area contributed by atoms with E-state index in [4.69, 9.17) is 1.37 Å². The molecule has 0 saturated carbocycles. The average Bonchev–Trinajstić information content (AvgIpc) is 1.77. The van der Waals surface area contributed by atoms with Gasteiger partial charge in [-0.25, -0.2) is 0 Å². The summed E-state index contributed by atoms with van der Waals surface area (Å²) in [6.45, 7) is 0.905. The minimum atomic E-state index is -0.0120. The van der Waals surface area contributed by atoms with E-state index >= 15 is 0 Å². The van der Waals surface area contributed by atoms with Gasteiger partial charge in [0.25, 0.3) is 0 Å². The van der Waals surface area contributed by atoms with Gasteiger partial charge in [-0.2, -0.15) is 0 Å². The molecule has 0 radical (unpaired) electrons. The van der Waals surface area contributed by atoms with Crippen molar-refractivity contribution in [2.75, 3.05) is 13.1 Å². The van der Waals surface area contributed by atoms with Crippen molar-refractivity contribution >= 4 is 0 Å². The van der Waals surface area contributed by atoms with Gasteiger partial charge in [-0.05, 0) is 12.8 Å². The first-order valence-corrected chi connectivity index (χ1v) is 2.62. The van der Waals surface area contributed by atoms with Gasteiger partial charge in [0.1, 0.15) is 0 Å². The second-order valence-electron chi connectivity index (χ2n) is 1.78. The standard InChI is InChI=1S/C5H10FN/c6-7-4-2-1-3-5-7/h1-5H2/i1D. The highest BCUT2D eigenvalue weighted by Gasteiger charge is 2.06. The van der Waals surface area contributed by atoms with Gasteiger partial charge in [-0.1, -0.05) is 6.40 Å². The van der Waals surface area contributed by atoms with Crippen molar-refractivity contribution in [3.8, 4) is 0 Å². The molecule has 0 amide bonds. The number of hydrogen-bond acceptors (Lipinski definition) is 1. The van der Waals surface area contributed by atoms with Crippen LogP contribution in [0.3, 0.4) is 0 Å². The summed E-state index contributed by atoms with van der Waals surface area (Å²) >= 11 is 0. The van der Waals surface area contributed by atoms with Crippen LogP contribution in [0, 0.1) is 0 Å². The molecule has 0 aromatic heterocycles. The second-order valence-corrected chi connectivity index (χ2v) is 1.78. The van der Waals surface area contributed by atoms with E-state index in [9.17, 15) is 4.48 Å². The Hall–Kier alpha value is -0.110. The second kappa shape index (κ2) is 2.26. The molecule has 1 aliphatic rings. The number of hydrogen-bond donors (Lipinski definition) is 0. The van der Waals surface area contributed by atoms with Gasteiger partial charge in [0, 0.05) is 14.5 Å². The molecule has 1 rings (SSSR count). The normalized spacial score (nSPS) is 30.1. The summed E-state index contributed by atoms with van der Waals surface area (Å²) in [7, 11) is 0. The average molecular weight is 104 g/mol. The molecule has 0 spiro atoms. The summed E-state index contributed by atoms with van der Waals surface area (Å²) in [4.78, 5) is 0. The first kappa shape index (κ1) is 3.84. The lowest BCUT2D eigenvalue weighted by molar-refractivity contribution is 0.00630. The van der Waals surface area contributed by atoms with Crippen molar-refractivity contribution in [1.29, 1.82) is 0 Å². The van der Waals surface area contributed by atoms with Crippen LogP contribution in [0.25, 0.3) is 0 Å². The third-order valence-corrected chi connectivity index (χ3v) is 1.15. The third-order valence-electron chi connectivity index (χ3n) is 1.15. The highest BCUT2D eigenvalue weighted by Crippen LogP contribution is 2.07. The highest BCUT2D eigenvalue weighted by molar-refractivity contribution is 4.54. The maximum absolute atomic E-state index is 12.1. The molecular formula is C5H10FN. The summed E-state index contributed by atoms with van der Waals surface area (Å²) < 4.78 is 19.3. The van der Waals surface area contributed by atoms with E-state index in [1.54, 1.807) is 0 Å². The molecule has 0 unspecified atom stereocenters. The lowest BCUT2D eigenvalue weighted by atomic mass is 10.2. The van der Waals surface area contributed by atoms with Gasteiger partial charge in [0.2, 0.25) is 0 Å². The molecule has 1 nitrogen and oxygen atoms in total. The number of halogens is 1. The fraction of sp³-hybridized carbons (Fsp3) is 1.00. The van der Waals surface area contributed by atoms with Crippen LogP contribution in [0.15, 0.2) is 0 Å². The molecular weight excluding hydrogens is 93.1 g/mol. The monoisotopic (exact) mass is 104 g/mol. The Morgan fingerprint density at radius 1 is 1.43 bits per heavy atom. The minimum absolute atomic E-state index is 0.0120. The van der Waals surface area contributed by atoms with Gasteiger partial charge < -0.3 is 0 Å². The molecule has 0 bridgehead atoms. The molecule has 1 heterocycles. The number of nitrogens with zero attached hydrogens (tertiary/aromatic N) is 1. The molecule has 0 atom stereocenters. The lowest BCUT2D eigenvalue weighted by Crippen LogP contribution is -2.20. The van der Waals surface area contributed by atoms with Gasteiger partial charge in [-0.3, -0.25) is 0 Å². The molecule has 1 fully saturated rings. The van der Waals surface area contributed by atoms with Crippen molar-refractivity contribution in [3.63, 3.8) is 0 Å². The van der Waals surface area contributed by atoms with Crippen LogP contribution < -0.4 is 0 Å². The highest BCUT2D eigenvalue weighted by atomic mass is 19.2. The smallest absolute Gasteiger partial charge is 0.0290 e. The molecule has 2 heteroatoms. The zero-order chi connectivity index (χ0) is 5.98. The molecule has 1 saturated heterocycles. The predicted octanol–water partition coefficient (Wildman–Crippen LogP) is 1.36. The van der Waals surface area contributed by atoms with Gasteiger partial charge >= 0.3 is 0 Å². The van der Waals surface area contributed by atoms with Crippen molar-refractivity contribution < 1.29 is 5.85 Å². The predicted molar refractivity (Wildman–Crippen MR) is 26.5 cm³/mol. The van der Waals surface area contributed by atoms with Crippen LogP contribution in [-0.2, 0) is 0 Å². The summed E-state index contributed by atoms with van der Waals surface area (Å²) in [5, 5.41) is 0.783. The van der Waals surface area contributed by atoms with Gasteiger partial charge in [-0.15, -0.1) is 9.60 Å². The van der Waals surface area contributed by atoms with Crippen molar-refractivity contribution in [3.05, 3.63) is 0 Å². The Morgan fingerprint density at radius 3 is 2.43 bits per heavy atom. The molecule has 0 N–H and O–H groups in total. The third kappa shape index (κ3) is 1.43. The Morgan fingerprint density at radius 2 is 2.00 bits per heavy atom. The summed E-state index contributed by atoms with van der Waals surface area (Å²) in [5.74, 6) is 0. The van der Waals surface area contributed by atoms with Gasteiger partial charge in [0.15, 0.2) is 0 Å². The Labute approximate surface area is 44.5 Å². The van der Waals surface area contributed by atoms with E-state index in [-0.39, 0.29) is 6.40 Å². The van der Waals surface area contributed by atoms with E-state index in [0.29, 0.717) is 25.9 Å². The quantitative estimate of drug-likeness (QED) is 0.419. The lowest BCUT2D eigenvalue weighted by Gasteiger charge is -2.15. The van der Waals surface area contributed by atoms with Crippen molar-refractivity contribution in [1.82, 2.24) is 5.12 Å². The molecule has 0 aromatic rings. The minimum Gasteiger partial charge on any atom is -0.146 e. The zero-order valence-electron chi connectivity index (χ0n) is 5.23. The largest absolute Gasteiger partial charge is 0.146 e. The van der Waals surface area contributed by atoms with Crippen molar-refractivity contribution in [2.24, 2.45) is 0 Å². The topological polar surface area (TPSA) is 3.24 Å². The van der Waals surface area contributed by atoms with Crippen LogP contribution in [0.4, 0.5) is 4.48 Å². The molecule has 1 aliphatic heterocycles. The van der Waals surface area contributed by atoms with E-state index in [2.05, 4.69) is 0 Å². The maximum Gasteiger partial charge on any atom is 0.0290 e. The van der Waals surface area contributed by atoms with E-state index in [1.165, 1.54) is 0 Å². The Kier molecular flexibility index (Phi) is 1.24. The van der Waals surface area contributed by atoms with E-state index in [0.717, 1.165) is 5.12 Å². The molecule has 7 heavy (non-hydrogen) atoms. The Bertz CT molecular complexity index is 60.8. The maximum atomic E-state index is 12.1. The first-order valence-electron chi connectivity index (χ1n) is 3.20. The molecule has 0 aliphatic carbocycles. The van der Waals surface area contributed by atoms with Crippen LogP contribution in [-0.4, -0.2) is 18.2 Å². The first-order chi connectivity index (χ1) is 3.79. The zero-order valence-corrected chi connectivity index (χ0v) is 4.23. The number of piperidine rings is 1. The summed E-state index contributed by atoms with van der Waals surface area (Å²) in [6.07, 6.45) is 1.37. The van der Waals surface area contributed by atoms with Crippen LogP contribution in [0.5, 0.6) is 0 Å². The Balaban J connectivity index is 2.19. The summed E-state index contributed by atoms with van der Waals surface area (Å²) in [5.41, 5.74) is 0. The van der Waals surface area contributed by atoms with E-state index in [1.807, 2.05) is 0 Å².